The van der Waals surface area contributed by atoms with E-state index in [1.807, 2.05) is 24.9 Å². The number of hydrogen-bond donors (Lipinski definition) is 0. The molecule has 0 aromatic heterocycles. The first kappa shape index (κ1) is 15.3. The van der Waals surface area contributed by atoms with Gasteiger partial charge in [-0.15, -0.1) is 0 Å². The minimum atomic E-state index is -0.693. The van der Waals surface area contributed by atoms with Crippen LogP contribution in [0, 0.1) is 0 Å². The molecule has 0 spiro atoms. The van der Waals surface area contributed by atoms with Gasteiger partial charge in [-0.1, -0.05) is 18.2 Å². The van der Waals surface area contributed by atoms with Gasteiger partial charge in [0.15, 0.2) is 5.60 Å². The lowest BCUT2D eigenvalue weighted by Gasteiger charge is -2.43. The van der Waals surface area contributed by atoms with Crippen molar-refractivity contribution in [1.29, 1.82) is 0 Å². The van der Waals surface area contributed by atoms with E-state index in [1.54, 1.807) is 0 Å². The molecular formula is C17H25N3O2. The van der Waals surface area contributed by atoms with E-state index < -0.39 is 5.60 Å². The van der Waals surface area contributed by atoms with Gasteiger partial charge >= 0.3 is 0 Å². The zero-order chi connectivity index (χ0) is 15.6. The van der Waals surface area contributed by atoms with E-state index >= 15 is 0 Å². The first-order valence-electron chi connectivity index (χ1n) is 8.00. The van der Waals surface area contributed by atoms with E-state index in [-0.39, 0.29) is 5.91 Å². The Morgan fingerprint density at radius 2 is 1.77 bits per heavy atom. The van der Waals surface area contributed by atoms with Crippen LogP contribution in [-0.4, -0.2) is 74.2 Å². The standard InChI is InChI=1S/C17H25N3O2/c1-17(14-18(2)12-13-22-17)16(21)20-10-8-19(9-11-20)15-6-4-3-5-7-15/h3-7H,8-14H2,1-2H3/t17-/m1/s1. The molecular weight excluding hydrogens is 278 g/mol. The SMILES string of the molecule is CN1CCO[C@@](C)(C(=O)N2CCN(c3ccccc3)CC2)C1. The summed E-state index contributed by atoms with van der Waals surface area (Å²) >= 11 is 0. The predicted octanol–water partition coefficient (Wildman–Crippen LogP) is 1.06. The highest BCUT2D eigenvalue weighted by Gasteiger charge is 2.41. The number of nitrogens with zero attached hydrogens (tertiary/aromatic N) is 3. The maximum absolute atomic E-state index is 12.8. The van der Waals surface area contributed by atoms with Crippen LogP contribution in [0.15, 0.2) is 30.3 Å². The number of para-hydroxylation sites is 1. The average molecular weight is 303 g/mol. The Kier molecular flexibility index (Phi) is 4.36. The van der Waals surface area contributed by atoms with Gasteiger partial charge in [0.1, 0.15) is 0 Å². The second-order valence-electron chi connectivity index (χ2n) is 6.43. The quantitative estimate of drug-likeness (QED) is 0.818. The molecule has 2 heterocycles. The molecule has 0 saturated carbocycles. The van der Waals surface area contributed by atoms with Crippen molar-refractivity contribution in [3.05, 3.63) is 30.3 Å². The maximum Gasteiger partial charge on any atom is 0.255 e. The molecule has 22 heavy (non-hydrogen) atoms. The second-order valence-corrected chi connectivity index (χ2v) is 6.43. The summed E-state index contributed by atoms with van der Waals surface area (Å²) < 4.78 is 5.82. The van der Waals surface area contributed by atoms with E-state index in [2.05, 4.69) is 34.1 Å². The van der Waals surface area contributed by atoms with E-state index in [0.717, 1.165) is 32.7 Å². The molecule has 1 atom stereocenters. The van der Waals surface area contributed by atoms with Crippen molar-refractivity contribution < 1.29 is 9.53 Å². The number of benzene rings is 1. The molecule has 3 rings (SSSR count). The number of morpholine rings is 1. The lowest BCUT2D eigenvalue weighted by atomic mass is 10.0. The third-order valence-corrected chi connectivity index (χ3v) is 4.61. The van der Waals surface area contributed by atoms with Crippen LogP contribution in [-0.2, 0) is 9.53 Å². The Balaban J connectivity index is 1.60. The largest absolute Gasteiger partial charge is 0.368 e. The highest BCUT2D eigenvalue weighted by Crippen LogP contribution is 2.22. The van der Waals surface area contributed by atoms with Gasteiger partial charge in [0.05, 0.1) is 6.61 Å². The minimum Gasteiger partial charge on any atom is -0.368 e. The highest BCUT2D eigenvalue weighted by atomic mass is 16.5. The summed E-state index contributed by atoms with van der Waals surface area (Å²) in [5.74, 6) is 0.131. The molecule has 2 saturated heterocycles. The lowest BCUT2D eigenvalue weighted by molar-refractivity contribution is -0.166. The van der Waals surface area contributed by atoms with Crippen molar-refractivity contribution in [2.24, 2.45) is 0 Å². The summed E-state index contributed by atoms with van der Waals surface area (Å²) in [5, 5.41) is 0. The maximum atomic E-state index is 12.8. The second kappa shape index (κ2) is 6.26. The molecule has 2 aliphatic heterocycles. The number of amides is 1. The molecule has 1 aromatic carbocycles. The molecule has 1 amide bonds. The summed E-state index contributed by atoms with van der Waals surface area (Å²) in [4.78, 5) is 19.3. The number of carbonyl (C=O) groups excluding carboxylic acids is 1. The number of ether oxygens (including phenoxy) is 1. The Morgan fingerprint density at radius 1 is 1.09 bits per heavy atom. The molecule has 0 radical (unpaired) electrons. The Hall–Kier alpha value is -1.59. The molecule has 2 aliphatic rings. The molecule has 1 aromatic rings. The third-order valence-electron chi connectivity index (χ3n) is 4.61. The van der Waals surface area contributed by atoms with Crippen LogP contribution in [0.4, 0.5) is 5.69 Å². The molecule has 0 unspecified atom stereocenters. The smallest absolute Gasteiger partial charge is 0.255 e. The minimum absolute atomic E-state index is 0.131. The Bertz CT molecular complexity index is 514. The van der Waals surface area contributed by atoms with Crippen molar-refractivity contribution in [3.8, 4) is 0 Å². The Morgan fingerprint density at radius 3 is 2.41 bits per heavy atom. The number of rotatable bonds is 2. The van der Waals surface area contributed by atoms with Gasteiger partial charge in [-0.25, -0.2) is 0 Å². The van der Waals surface area contributed by atoms with Gasteiger partial charge in [-0.3, -0.25) is 4.79 Å². The zero-order valence-electron chi connectivity index (χ0n) is 13.5. The monoisotopic (exact) mass is 303 g/mol. The van der Waals surface area contributed by atoms with E-state index in [9.17, 15) is 4.79 Å². The topological polar surface area (TPSA) is 36.0 Å². The van der Waals surface area contributed by atoms with Crippen molar-refractivity contribution in [2.45, 2.75) is 12.5 Å². The van der Waals surface area contributed by atoms with Crippen LogP contribution >= 0.6 is 0 Å². The summed E-state index contributed by atoms with van der Waals surface area (Å²) in [5.41, 5.74) is 0.538. The number of piperazine rings is 1. The normalized spacial score (nSPS) is 27.0. The first-order chi connectivity index (χ1) is 10.6. The fraction of sp³-hybridized carbons (Fsp3) is 0.588. The average Bonchev–Trinajstić information content (AvgIpc) is 2.55. The van der Waals surface area contributed by atoms with Crippen LogP contribution in [0.2, 0.25) is 0 Å². The van der Waals surface area contributed by atoms with Gasteiger partial charge < -0.3 is 19.4 Å². The third kappa shape index (κ3) is 3.10. The summed E-state index contributed by atoms with van der Waals surface area (Å²) in [6.45, 7) is 7.39. The number of carbonyl (C=O) groups is 1. The van der Waals surface area contributed by atoms with Crippen molar-refractivity contribution >= 4 is 11.6 Å². The van der Waals surface area contributed by atoms with Crippen LogP contribution < -0.4 is 4.90 Å². The molecule has 5 nitrogen and oxygen atoms in total. The van der Waals surface area contributed by atoms with Crippen molar-refractivity contribution in [1.82, 2.24) is 9.80 Å². The number of anilines is 1. The van der Waals surface area contributed by atoms with E-state index in [4.69, 9.17) is 4.74 Å². The van der Waals surface area contributed by atoms with Crippen LogP contribution in [0.25, 0.3) is 0 Å². The molecule has 0 aliphatic carbocycles. The van der Waals surface area contributed by atoms with E-state index in [0.29, 0.717) is 13.2 Å². The fourth-order valence-electron chi connectivity index (χ4n) is 3.34. The van der Waals surface area contributed by atoms with Crippen molar-refractivity contribution in [3.63, 3.8) is 0 Å². The summed E-state index contributed by atoms with van der Waals surface area (Å²) in [7, 11) is 2.04. The number of likely N-dealkylation sites (N-methyl/N-ethyl adjacent to an activating group) is 1. The first-order valence-corrected chi connectivity index (χ1v) is 8.00. The van der Waals surface area contributed by atoms with Gasteiger partial charge in [-0.05, 0) is 26.1 Å². The molecule has 0 bridgehead atoms. The Labute approximate surface area is 132 Å². The van der Waals surface area contributed by atoms with Gasteiger partial charge in [0.25, 0.3) is 5.91 Å². The van der Waals surface area contributed by atoms with Gasteiger partial charge in [0.2, 0.25) is 0 Å². The van der Waals surface area contributed by atoms with Crippen LogP contribution in [0.1, 0.15) is 6.92 Å². The molecule has 5 heteroatoms. The summed E-state index contributed by atoms with van der Waals surface area (Å²) in [6, 6.07) is 10.4. The lowest BCUT2D eigenvalue weighted by Crippen LogP contribution is -2.61. The number of hydrogen-bond acceptors (Lipinski definition) is 4. The van der Waals surface area contributed by atoms with Crippen LogP contribution in [0.5, 0.6) is 0 Å². The van der Waals surface area contributed by atoms with E-state index in [1.165, 1.54) is 5.69 Å². The van der Waals surface area contributed by atoms with Crippen LogP contribution in [0.3, 0.4) is 0 Å². The summed E-state index contributed by atoms with van der Waals surface area (Å²) in [6.07, 6.45) is 0. The molecule has 120 valence electrons. The van der Waals surface area contributed by atoms with Gasteiger partial charge in [0, 0.05) is 45.0 Å². The zero-order valence-corrected chi connectivity index (χ0v) is 13.5. The fourth-order valence-corrected chi connectivity index (χ4v) is 3.34. The predicted molar refractivity (Wildman–Crippen MR) is 87.1 cm³/mol. The molecule has 2 fully saturated rings. The highest BCUT2D eigenvalue weighted by molar-refractivity contribution is 5.85. The van der Waals surface area contributed by atoms with Crippen molar-refractivity contribution in [2.75, 3.05) is 57.8 Å². The van der Waals surface area contributed by atoms with Gasteiger partial charge in [-0.2, -0.15) is 0 Å². The molecule has 0 N–H and O–H groups in total.